The summed E-state index contributed by atoms with van der Waals surface area (Å²) in [6.45, 7) is 1.24. The lowest BCUT2D eigenvalue weighted by atomic mass is 10.0. The molecule has 1 saturated heterocycles. The number of aliphatic hydroxyl groups excluding tert-OH is 1. The molecule has 22 heavy (non-hydrogen) atoms. The first kappa shape index (κ1) is 14.7. The van der Waals surface area contributed by atoms with Crippen LogP contribution >= 0.6 is 0 Å². The van der Waals surface area contributed by atoms with Gasteiger partial charge >= 0.3 is 0 Å². The van der Waals surface area contributed by atoms with Gasteiger partial charge in [-0.1, -0.05) is 24.3 Å². The zero-order valence-electron chi connectivity index (χ0n) is 12.1. The maximum Gasteiger partial charge on any atom is 0.123 e. The molecule has 1 fully saturated rings. The van der Waals surface area contributed by atoms with Gasteiger partial charge in [-0.2, -0.15) is 5.26 Å². The molecule has 112 valence electrons. The van der Waals surface area contributed by atoms with E-state index in [0.29, 0.717) is 25.1 Å². The molecule has 1 heterocycles. The fraction of sp³-hybridized carbons (Fsp3) is 0.278. The molecule has 1 aliphatic heterocycles. The van der Waals surface area contributed by atoms with Crippen LogP contribution in [0.2, 0.25) is 0 Å². The largest absolute Gasteiger partial charge is 0.392 e. The van der Waals surface area contributed by atoms with E-state index in [1.807, 2.05) is 18.2 Å². The molecule has 0 radical (unpaired) electrons. The maximum absolute atomic E-state index is 13.1. The lowest BCUT2D eigenvalue weighted by Gasteiger charge is -2.24. The molecule has 2 atom stereocenters. The van der Waals surface area contributed by atoms with Crippen LogP contribution in [-0.2, 0) is 6.54 Å². The number of β-amino-alcohol motifs (C(OH)–C–C–N with tert-alkyl or cyclic N) is 1. The minimum absolute atomic E-state index is 0.0707. The Hall–Kier alpha value is -2.22. The molecule has 0 amide bonds. The van der Waals surface area contributed by atoms with Crippen LogP contribution in [0.3, 0.4) is 0 Å². The van der Waals surface area contributed by atoms with Crippen molar-refractivity contribution in [3.05, 3.63) is 71.0 Å². The monoisotopic (exact) mass is 296 g/mol. The van der Waals surface area contributed by atoms with Crippen molar-refractivity contribution in [3.63, 3.8) is 0 Å². The third-order valence-electron chi connectivity index (χ3n) is 4.08. The third-order valence-corrected chi connectivity index (χ3v) is 4.08. The molecular weight excluding hydrogens is 279 g/mol. The fourth-order valence-corrected chi connectivity index (χ4v) is 3.06. The first-order valence-electron chi connectivity index (χ1n) is 7.32. The smallest absolute Gasteiger partial charge is 0.123 e. The van der Waals surface area contributed by atoms with Crippen molar-refractivity contribution in [3.8, 4) is 6.07 Å². The Balaban J connectivity index is 1.81. The first-order chi connectivity index (χ1) is 10.7. The highest BCUT2D eigenvalue weighted by Crippen LogP contribution is 2.33. The number of hydrogen-bond donors (Lipinski definition) is 1. The van der Waals surface area contributed by atoms with Crippen LogP contribution in [0, 0.1) is 17.1 Å². The van der Waals surface area contributed by atoms with E-state index in [0.717, 1.165) is 11.1 Å². The van der Waals surface area contributed by atoms with Crippen molar-refractivity contribution in [2.45, 2.75) is 25.1 Å². The molecule has 1 N–H and O–H groups in total. The molecule has 0 saturated carbocycles. The van der Waals surface area contributed by atoms with Gasteiger partial charge in [-0.25, -0.2) is 4.39 Å². The number of hydrogen-bond acceptors (Lipinski definition) is 3. The Kier molecular flexibility index (Phi) is 4.19. The number of rotatable bonds is 3. The van der Waals surface area contributed by atoms with Crippen molar-refractivity contribution < 1.29 is 9.50 Å². The van der Waals surface area contributed by atoms with Crippen LogP contribution in [0.1, 0.15) is 29.2 Å². The van der Waals surface area contributed by atoms with Gasteiger partial charge in [0.2, 0.25) is 0 Å². The first-order valence-corrected chi connectivity index (χ1v) is 7.32. The second-order valence-electron chi connectivity index (χ2n) is 5.70. The molecular formula is C18H17FN2O. The lowest BCUT2D eigenvalue weighted by Crippen LogP contribution is -2.24. The summed E-state index contributed by atoms with van der Waals surface area (Å²) in [6, 6.07) is 16.2. The number of aliphatic hydroxyl groups is 1. The van der Waals surface area contributed by atoms with Gasteiger partial charge in [-0.3, -0.25) is 4.90 Å². The van der Waals surface area contributed by atoms with E-state index >= 15 is 0 Å². The minimum Gasteiger partial charge on any atom is -0.392 e. The van der Waals surface area contributed by atoms with Crippen LogP contribution in [0.4, 0.5) is 4.39 Å². The second-order valence-corrected chi connectivity index (χ2v) is 5.70. The average molecular weight is 296 g/mol. The Morgan fingerprint density at radius 2 is 2.00 bits per heavy atom. The Labute approximate surface area is 129 Å². The van der Waals surface area contributed by atoms with E-state index in [2.05, 4.69) is 11.0 Å². The Morgan fingerprint density at radius 1 is 1.23 bits per heavy atom. The summed E-state index contributed by atoms with van der Waals surface area (Å²) in [5.41, 5.74) is 2.69. The van der Waals surface area contributed by atoms with Crippen LogP contribution in [0.5, 0.6) is 0 Å². The fourth-order valence-electron chi connectivity index (χ4n) is 3.06. The molecule has 2 aromatic rings. The highest BCUT2D eigenvalue weighted by atomic mass is 19.1. The summed E-state index contributed by atoms with van der Waals surface area (Å²) in [5, 5.41) is 19.0. The van der Waals surface area contributed by atoms with Gasteiger partial charge in [0.15, 0.2) is 0 Å². The van der Waals surface area contributed by atoms with Crippen LogP contribution in [-0.4, -0.2) is 22.7 Å². The second kappa shape index (κ2) is 6.27. The molecule has 0 bridgehead atoms. The van der Waals surface area contributed by atoms with E-state index in [9.17, 15) is 9.50 Å². The number of likely N-dealkylation sites (tertiary alicyclic amines) is 1. The van der Waals surface area contributed by atoms with E-state index in [4.69, 9.17) is 5.26 Å². The van der Waals surface area contributed by atoms with E-state index in [-0.39, 0.29) is 18.0 Å². The summed E-state index contributed by atoms with van der Waals surface area (Å²) in [7, 11) is 0. The average Bonchev–Trinajstić information content (AvgIpc) is 2.89. The summed E-state index contributed by atoms with van der Waals surface area (Å²) in [4.78, 5) is 2.17. The lowest BCUT2D eigenvalue weighted by molar-refractivity contribution is 0.172. The van der Waals surface area contributed by atoms with Gasteiger partial charge in [-0.15, -0.1) is 0 Å². The van der Waals surface area contributed by atoms with Gasteiger partial charge < -0.3 is 5.11 Å². The predicted molar refractivity (Wildman–Crippen MR) is 81.3 cm³/mol. The summed E-state index contributed by atoms with van der Waals surface area (Å²) < 4.78 is 13.1. The SMILES string of the molecule is N#Cc1cccc(CN2C[C@@H](O)C[C@H]2c2ccc(F)cc2)c1. The van der Waals surface area contributed by atoms with Crippen LogP contribution < -0.4 is 0 Å². The van der Waals surface area contributed by atoms with E-state index in [1.54, 1.807) is 18.2 Å². The van der Waals surface area contributed by atoms with Crippen molar-refractivity contribution in [1.82, 2.24) is 4.90 Å². The third kappa shape index (κ3) is 3.16. The van der Waals surface area contributed by atoms with Gasteiger partial charge in [-0.05, 0) is 41.8 Å². The highest BCUT2D eigenvalue weighted by Gasteiger charge is 2.31. The van der Waals surface area contributed by atoms with Gasteiger partial charge in [0.05, 0.1) is 17.7 Å². The van der Waals surface area contributed by atoms with Gasteiger partial charge in [0, 0.05) is 19.1 Å². The molecule has 0 aliphatic carbocycles. The molecule has 3 nitrogen and oxygen atoms in total. The van der Waals surface area contributed by atoms with E-state index in [1.165, 1.54) is 12.1 Å². The van der Waals surface area contributed by atoms with Gasteiger partial charge in [0.1, 0.15) is 5.82 Å². The number of nitriles is 1. The summed E-state index contributed by atoms with van der Waals surface area (Å²) in [6.07, 6.45) is 0.262. The Bertz CT molecular complexity index is 693. The van der Waals surface area contributed by atoms with Crippen LogP contribution in [0.25, 0.3) is 0 Å². The summed E-state index contributed by atoms with van der Waals surface area (Å²) in [5.74, 6) is -0.254. The predicted octanol–water partition coefficient (Wildman–Crippen LogP) is 3.01. The zero-order valence-corrected chi connectivity index (χ0v) is 12.1. The quantitative estimate of drug-likeness (QED) is 0.947. The summed E-state index contributed by atoms with van der Waals surface area (Å²) >= 11 is 0. The number of benzene rings is 2. The Morgan fingerprint density at radius 3 is 2.73 bits per heavy atom. The van der Waals surface area contributed by atoms with Crippen molar-refractivity contribution in [2.75, 3.05) is 6.54 Å². The molecule has 2 aromatic carbocycles. The number of nitrogens with zero attached hydrogens (tertiary/aromatic N) is 2. The molecule has 1 aliphatic rings. The van der Waals surface area contributed by atoms with E-state index < -0.39 is 0 Å². The normalized spacial score (nSPS) is 21.7. The molecule has 3 rings (SSSR count). The zero-order chi connectivity index (χ0) is 15.5. The van der Waals surface area contributed by atoms with Gasteiger partial charge in [0.25, 0.3) is 0 Å². The minimum atomic E-state index is -0.380. The topological polar surface area (TPSA) is 47.3 Å². The van der Waals surface area contributed by atoms with Crippen molar-refractivity contribution in [2.24, 2.45) is 0 Å². The molecule has 0 aromatic heterocycles. The molecule has 0 spiro atoms. The van der Waals surface area contributed by atoms with Crippen molar-refractivity contribution >= 4 is 0 Å². The molecule has 0 unspecified atom stereocenters. The standard InChI is InChI=1S/C18H17FN2O/c19-16-6-4-15(5-7-16)18-9-17(22)12-21(18)11-14-3-1-2-13(8-14)10-20/h1-8,17-18,22H,9,11-12H2/t17-,18-/m0/s1. The van der Waals surface area contributed by atoms with Crippen molar-refractivity contribution in [1.29, 1.82) is 5.26 Å². The highest BCUT2D eigenvalue weighted by molar-refractivity contribution is 5.33. The van der Waals surface area contributed by atoms with Crippen LogP contribution in [0.15, 0.2) is 48.5 Å². The molecule has 4 heteroatoms. The maximum atomic E-state index is 13.1. The number of halogens is 1.